The summed E-state index contributed by atoms with van der Waals surface area (Å²) in [7, 11) is 4.48. The van der Waals surface area contributed by atoms with E-state index in [1.54, 1.807) is 32.1 Å². The number of ether oxygens (including phenoxy) is 4. The van der Waals surface area contributed by atoms with Crippen LogP contribution in [0.3, 0.4) is 0 Å². The van der Waals surface area contributed by atoms with Gasteiger partial charge in [-0.05, 0) is 66.9 Å². The summed E-state index contributed by atoms with van der Waals surface area (Å²) in [5.41, 5.74) is 2.80. The molecule has 1 amide bonds. The van der Waals surface area contributed by atoms with Crippen LogP contribution in [0.2, 0.25) is 0 Å². The first kappa shape index (κ1) is 25.6. The number of hydrogen-bond donors (Lipinski definition) is 0. The average Bonchev–Trinajstić information content (AvgIpc) is 3.15. The van der Waals surface area contributed by atoms with Crippen LogP contribution in [0.25, 0.3) is 6.08 Å². The zero-order chi connectivity index (χ0) is 26.4. The van der Waals surface area contributed by atoms with Crippen molar-refractivity contribution >= 4 is 18.0 Å². The van der Waals surface area contributed by atoms with Gasteiger partial charge in [-0.3, -0.25) is 4.79 Å². The highest BCUT2D eigenvalue weighted by atomic mass is 16.5. The first-order valence-corrected chi connectivity index (χ1v) is 11.8. The summed E-state index contributed by atoms with van der Waals surface area (Å²) in [6, 6.07) is 22.4. The lowest BCUT2D eigenvalue weighted by Crippen LogP contribution is -2.27. The van der Waals surface area contributed by atoms with Gasteiger partial charge in [-0.1, -0.05) is 36.4 Å². The minimum absolute atomic E-state index is 0.257. The van der Waals surface area contributed by atoms with Gasteiger partial charge in [0.15, 0.2) is 11.5 Å². The number of hydrogen-bond acceptors (Lipinski definition) is 6. The summed E-state index contributed by atoms with van der Waals surface area (Å²) in [6.45, 7) is 2.14. The number of allylic oxidation sites excluding steroid dienone is 1. The van der Waals surface area contributed by atoms with Crippen LogP contribution in [-0.2, 0) is 20.7 Å². The minimum atomic E-state index is -0.553. The maximum absolute atomic E-state index is 13.5. The third-order valence-electron chi connectivity index (χ3n) is 6.12. The molecule has 0 aliphatic carbocycles. The number of para-hydroxylation sites is 1. The normalized spacial score (nSPS) is 14.2. The molecule has 37 heavy (non-hydrogen) atoms. The Labute approximate surface area is 216 Å². The zero-order valence-electron chi connectivity index (χ0n) is 21.3. The van der Waals surface area contributed by atoms with Gasteiger partial charge in [-0.2, -0.15) is 0 Å². The summed E-state index contributed by atoms with van der Waals surface area (Å²) in [5.74, 6) is 1.77. The second kappa shape index (κ2) is 11.5. The molecule has 1 aliphatic rings. The number of carbonyl (C=O) groups is 2. The predicted octanol–water partition coefficient (Wildman–Crippen LogP) is 5.41. The van der Waals surface area contributed by atoms with Gasteiger partial charge in [0.2, 0.25) is 0 Å². The standard InChI is InChI=1S/C30H29NO6/c1-20-28(30(33)36-4)25(18-22-9-8-12-24(17-22)37-23-10-6-5-7-11-23)29(32)31(20)16-15-21-13-14-26(34-2)27(19-21)35-3/h5-14,17-19H,15-16H2,1-4H3/b25-18-. The molecule has 0 radical (unpaired) electrons. The van der Waals surface area contributed by atoms with E-state index in [1.807, 2.05) is 72.8 Å². The van der Waals surface area contributed by atoms with Crippen LogP contribution in [0.1, 0.15) is 18.1 Å². The summed E-state index contributed by atoms with van der Waals surface area (Å²) < 4.78 is 21.6. The molecule has 0 atom stereocenters. The smallest absolute Gasteiger partial charge is 0.340 e. The molecule has 1 aliphatic heterocycles. The fourth-order valence-corrected chi connectivity index (χ4v) is 4.23. The molecule has 3 aromatic carbocycles. The Kier molecular flexibility index (Phi) is 7.93. The van der Waals surface area contributed by atoms with E-state index in [0.717, 1.165) is 11.1 Å². The van der Waals surface area contributed by atoms with Gasteiger partial charge in [0.25, 0.3) is 5.91 Å². The molecule has 0 aromatic heterocycles. The van der Waals surface area contributed by atoms with E-state index in [9.17, 15) is 9.59 Å². The van der Waals surface area contributed by atoms with E-state index in [4.69, 9.17) is 18.9 Å². The van der Waals surface area contributed by atoms with Crippen molar-refractivity contribution in [1.82, 2.24) is 4.90 Å². The number of carbonyl (C=O) groups excluding carboxylic acids is 2. The van der Waals surface area contributed by atoms with Crippen molar-refractivity contribution < 1.29 is 28.5 Å². The van der Waals surface area contributed by atoms with E-state index in [2.05, 4.69) is 0 Å². The average molecular weight is 500 g/mol. The lowest BCUT2D eigenvalue weighted by atomic mass is 10.0. The molecule has 7 nitrogen and oxygen atoms in total. The Morgan fingerprint density at radius 2 is 1.59 bits per heavy atom. The van der Waals surface area contributed by atoms with E-state index >= 15 is 0 Å². The number of benzene rings is 3. The van der Waals surface area contributed by atoms with Gasteiger partial charge in [-0.25, -0.2) is 4.79 Å². The Morgan fingerprint density at radius 3 is 2.30 bits per heavy atom. The lowest BCUT2D eigenvalue weighted by Gasteiger charge is -2.18. The van der Waals surface area contributed by atoms with Crippen molar-refractivity contribution in [3.05, 3.63) is 101 Å². The highest BCUT2D eigenvalue weighted by Crippen LogP contribution is 2.33. The Morgan fingerprint density at radius 1 is 0.865 bits per heavy atom. The van der Waals surface area contributed by atoms with Crippen molar-refractivity contribution in [2.24, 2.45) is 0 Å². The topological polar surface area (TPSA) is 74.3 Å². The number of nitrogens with zero attached hydrogens (tertiary/aromatic N) is 1. The van der Waals surface area contributed by atoms with E-state index in [0.29, 0.717) is 41.7 Å². The molecule has 4 rings (SSSR count). The first-order chi connectivity index (χ1) is 17.9. The van der Waals surface area contributed by atoms with Gasteiger partial charge in [-0.15, -0.1) is 0 Å². The molecule has 0 saturated heterocycles. The van der Waals surface area contributed by atoms with Crippen LogP contribution >= 0.6 is 0 Å². The van der Waals surface area contributed by atoms with Crippen LogP contribution in [-0.4, -0.2) is 44.7 Å². The highest BCUT2D eigenvalue weighted by Gasteiger charge is 2.36. The van der Waals surface area contributed by atoms with Gasteiger partial charge < -0.3 is 23.8 Å². The van der Waals surface area contributed by atoms with Crippen LogP contribution in [0.5, 0.6) is 23.0 Å². The number of esters is 1. The third-order valence-corrected chi connectivity index (χ3v) is 6.12. The van der Waals surface area contributed by atoms with Crippen molar-refractivity contribution in [3.63, 3.8) is 0 Å². The van der Waals surface area contributed by atoms with Crippen molar-refractivity contribution in [1.29, 1.82) is 0 Å². The second-order valence-corrected chi connectivity index (χ2v) is 8.39. The van der Waals surface area contributed by atoms with Crippen molar-refractivity contribution in [2.45, 2.75) is 13.3 Å². The predicted molar refractivity (Wildman–Crippen MR) is 141 cm³/mol. The molecule has 0 N–H and O–H groups in total. The molecule has 3 aromatic rings. The SMILES string of the molecule is COC(=O)C1=C(C)N(CCc2ccc(OC)c(OC)c2)C(=O)/C1=C\c1cccc(Oc2ccccc2)c1. The third kappa shape index (κ3) is 5.67. The van der Waals surface area contributed by atoms with Crippen LogP contribution in [0, 0.1) is 0 Å². The van der Waals surface area contributed by atoms with Crippen LogP contribution in [0.4, 0.5) is 0 Å². The molecular formula is C30H29NO6. The molecule has 0 fully saturated rings. The molecule has 0 bridgehead atoms. The maximum Gasteiger partial charge on any atom is 0.340 e. The quantitative estimate of drug-likeness (QED) is 0.290. The van der Waals surface area contributed by atoms with E-state index in [-0.39, 0.29) is 17.1 Å². The summed E-state index contributed by atoms with van der Waals surface area (Å²) in [4.78, 5) is 27.8. The Hall–Kier alpha value is -4.52. The van der Waals surface area contributed by atoms with Gasteiger partial charge in [0, 0.05) is 12.2 Å². The monoisotopic (exact) mass is 499 g/mol. The fraction of sp³-hybridized carbons (Fsp3) is 0.200. The van der Waals surface area contributed by atoms with Gasteiger partial charge >= 0.3 is 5.97 Å². The molecular weight excluding hydrogens is 470 g/mol. The number of methoxy groups -OCH3 is 3. The van der Waals surface area contributed by atoms with E-state index < -0.39 is 5.97 Å². The Balaban J connectivity index is 1.60. The number of rotatable bonds is 9. The molecule has 190 valence electrons. The van der Waals surface area contributed by atoms with Gasteiger partial charge in [0.05, 0.1) is 32.5 Å². The van der Waals surface area contributed by atoms with Crippen LogP contribution in [0.15, 0.2) is 89.6 Å². The summed E-state index contributed by atoms with van der Waals surface area (Å²) in [5, 5.41) is 0. The second-order valence-electron chi connectivity index (χ2n) is 8.39. The largest absolute Gasteiger partial charge is 0.493 e. The van der Waals surface area contributed by atoms with Crippen LogP contribution < -0.4 is 14.2 Å². The minimum Gasteiger partial charge on any atom is -0.493 e. The van der Waals surface area contributed by atoms with Crippen molar-refractivity contribution in [2.75, 3.05) is 27.9 Å². The highest BCUT2D eigenvalue weighted by molar-refractivity contribution is 6.16. The fourth-order valence-electron chi connectivity index (χ4n) is 4.23. The molecule has 0 unspecified atom stereocenters. The molecule has 0 saturated carbocycles. The molecule has 1 heterocycles. The van der Waals surface area contributed by atoms with Gasteiger partial charge in [0.1, 0.15) is 11.5 Å². The maximum atomic E-state index is 13.5. The van der Waals surface area contributed by atoms with E-state index in [1.165, 1.54) is 7.11 Å². The Bertz CT molecular complexity index is 1360. The first-order valence-electron chi connectivity index (χ1n) is 11.8. The summed E-state index contributed by atoms with van der Waals surface area (Å²) in [6.07, 6.45) is 2.26. The lowest BCUT2D eigenvalue weighted by molar-refractivity contribution is -0.136. The summed E-state index contributed by atoms with van der Waals surface area (Å²) >= 11 is 0. The molecule has 0 spiro atoms. The zero-order valence-corrected chi connectivity index (χ0v) is 21.3. The number of amides is 1. The molecule has 7 heteroatoms. The van der Waals surface area contributed by atoms with Crippen molar-refractivity contribution in [3.8, 4) is 23.0 Å².